The topological polar surface area (TPSA) is 58.6 Å². The van der Waals surface area contributed by atoms with Gasteiger partial charge in [0.2, 0.25) is 11.8 Å². The molecule has 2 amide bonds. The monoisotopic (exact) mass is 370 g/mol. The highest BCUT2D eigenvalue weighted by molar-refractivity contribution is 5.79. The van der Waals surface area contributed by atoms with E-state index in [1.165, 1.54) is 12.8 Å². The number of carbonyl (C=O) groups excluding carboxylic acids is 2. The number of piperidine rings is 1. The largest absolute Gasteiger partial charge is 0.487 e. The molecule has 27 heavy (non-hydrogen) atoms. The molecule has 1 aromatic rings. The SMILES string of the molecule is CNC(=O)C[C@H]1CC2(CCN(C(=O)C3CCCC3)CC2)Oc2ccccc21. The van der Waals surface area contributed by atoms with Gasteiger partial charge in [0.25, 0.3) is 0 Å². The molecule has 0 bridgehead atoms. The number of ether oxygens (including phenoxy) is 1. The summed E-state index contributed by atoms with van der Waals surface area (Å²) in [5.74, 6) is 1.74. The lowest BCUT2D eigenvalue weighted by Crippen LogP contribution is -2.52. The Labute approximate surface area is 161 Å². The maximum absolute atomic E-state index is 12.8. The van der Waals surface area contributed by atoms with E-state index in [0.29, 0.717) is 12.3 Å². The third-order valence-corrected chi connectivity index (χ3v) is 6.71. The third kappa shape index (κ3) is 3.69. The summed E-state index contributed by atoms with van der Waals surface area (Å²) in [5, 5.41) is 2.76. The van der Waals surface area contributed by atoms with Gasteiger partial charge >= 0.3 is 0 Å². The molecule has 5 heteroatoms. The highest BCUT2D eigenvalue weighted by atomic mass is 16.5. The summed E-state index contributed by atoms with van der Waals surface area (Å²) < 4.78 is 6.49. The molecule has 1 N–H and O–H groups in total. The average molecular weight is 370 g/mol. The van der Waals surface area contributed by atoms with Crippen LogP contribution in [0.2, 0.25) is 0 Å². The van der Waals surface area contributed by atoms with E-state index in [1.54, 1.807) is 7.05 Å². The van der Waals surface area contributed by atoms with Gasteiger partial charge in [0, 0.05) is 51.2 Å². The summed E-state index contributed by atoms with van der Waals surface area (Å²) in [6, 6.07) is 8.10. The zero-order valence-electron chi connectivity index (χ0n) is 16.2. The Morgan fingerprint density at radius 3 is 2.59 bits per heavy atom. The van der Waals surface area contributed by atoms with Crippen LogP contribution in [0.15, 0.2) is 24.3 Å². The highest BCUT2D eigenvalue weighted by Gasteiger charge is 2.44. The zero-order valence-corrected chi connectivity index (χ0v) is 16.2. The molecule has 4 rings (SSSR count). The van der Waals surface area contributed by atoms with Crippen molar-refractivity contribution in [2.75, 3.05) is 20.1 Å². The number of para-hydroxylation sites is 1. The fourth-order valence-electron chi connectivity index (χ4n) is 5.12. The molecule has 146 valence electrons. The van der Waals surface area contributed by atoms with Gasteiger partial charge in [-0.05, 0) is 30.9 Å². The molecule has 1 spiro atoms. The van der Waals surface area contributed by atoms with Gasteiger partial charge in [0.05, 0.1) is 0 Å². The van der Waals surface area contributed by atoms with Crippen molar-refractivity contribution in [1.82, 2.24) is 10.2 Å². The fourth-order valence-corrected chi connectivity index (χ4v) is 5.12. The highest BCUT2D eigenvalue weighted by Crippen LogP contribution is 2.46. The van der Waals surface area contributed by atoms with Gasteiger partial charge in [0.15, 0.2) is 0 Å². The number of rotatable bonds is 3. The van der Waals surface area contributed by atoms with Gasteiger partial charge in [-0.1, -0.05) is 31.0 Å². The standard InChI is InChI=1S/C22H30N2O3/c1-23-20(25)14-17-15-22(27-19-9-5-4-8-18(17)19)10-12-24(13-11-22)21(26)16-6-2-3-7-16/h4-5,8-9,16-17H,2-3,6-7,10-15H2,1H3,(H,23,25)/t17-/m0/s1. The Hall–Kier alpha value is -2.04. The van der Waals surface area contributed by atoms with Crippen molar-refractivity contribution < 1.29 is 14.3 Å². The van der Waals surface area contributed by atoms with Crippen LogP contribution in [0.1, 0.15) is 62.8 Å². The van der Waals surface area contributed by atoms with Crippen LogP contribution in [0, 0.1) is 5.92 Å². The molecule has 1 saturated carbocycles. The molecular weight excluding hydrogens is 340 g/mol. The quantitative estimate of drug-likeness (QED) is 0.889. The van der Waals surface area contributed by atoms with Crippen LogP contribution < -0.4 is 10.1 Å². The number of likely N-dealkylation sites (tertiary alicyclic amines) is 1. The number of amides is 2. The Bertz CT molecular complexity index is 703. The summed E-state index contributed by atoms with van der Waals surface area (Å²) in [6.07, 6.45) is 7.53. The number of carbonyl (C=O) groups is 2. The number of fused-ring (bicyclic) bond motifs is 1. The molecule has 2 heterocycles. The second kappa shape index (κ2) is 7.53. The van der Waals surface area contributed by atoms with Gasteiger partial charge in [0.1, 0.15) is 11.4 Å². The van der Waals surface area contributed by atoms with Gasteiger partial charge in [-0.25, -0.2) is 0 Å². The molecule has 5 nitrogen and oxygen atoms in total. The summed E-state index contributed by atoms with van der Waals surface area (Å²) in [6.45, 7) is 1.54. The zero-order chi connectivity index (χ0) is 18.9. The number of nitrogens with zero attached hydrogens (tertiary/aromatic N) is 1. The lowest BCUT2D eigenvalue weighted by Gasteiger charge is -2.47. The Morgan fingerprint density at radius 2 is 1.89 bits per heavy atom. The molecule has 2 aliphatic heterocycles. The predicted molar refractivity (Wildman–Crippen MR) is 104 cm³/mol. The molecule has 1 aromatic carbocycles. The van der Waals surface area contributed by atoms with E-state index in [-0.39, 0.29) is 23.3 Å². The normalized spacial score (nSPS) is 24.3. The Morgan fingerprint density at radius 1 is 1.19 bits per heavy atom. The first-order valence-corrected chi connectivity index (χ1v) is 10.4. The van der Waals surface area contributed by atoms with E-state index in [2.05, 4.69) is 16.3 Å². The lowest BCUT2D eigenvalue weighted by molar-refractivity contribution is -0.139. The van der Waals surface area contributed by atoms with E-state index in [1.807, 2.05) is 18.2 Å². The maximum atomic E-state index is 12.8. The molecule has 1 saturated heterocycles. The lowest BCUT2D eigenvalue weighted by atomic mass is 9.76. The van der Waals surface area contributed by atoms with Crippen molar-refractivity contribution in [3.05, 3.63) is 29.8 Å². The first-order valence-electron chi connectivity index (χ1n) is 10.4. The van der Waals surface area contributed by atoms with E-state index >= 15 is 0 Å². The summed E-state index contributed by atoms with van der Waals surface area (Å²) >= 11 is 0. The van der Waals surface area contributed by atoms with Crippen molar-refractivity contribution >= 4 is 11.8 Å². The molecule has 0 radical (unpaired) electrons. The third-order valence-electron chi connectivity index (χ3n) is 6.71. The van der Waals surface area contributed by atoms with E-state index in [0.717, 1.165) is 56.5 Å². The molecular formula is C22H30N2O3. The van der Waals surface area contributed by atoms with Crippen LogP contribution in [-0.2, 0) is 9.59 Å². The number of nitrogens with one attached hydrogen (secondary N) is 1. The molecule has 0 unspecified atom stereocenters. The second-order valence-corrected chi connectivity index (χ2v) is 8.41. The molecule has 3 aliphatic rings. The summed E-state index contributed by atoms with van der Waals surface area (Å²) in [4.78, 5) is 26.8. The second-order valence-electron chi connectivity index (χ2n) is 8.41. The molecule has 1 atom stereocenters. The van der Waals surface area contributed by atoms with Crippen molar-refractivity contribution in [3.63, 3.8) is 0 Å². The molecule has 2 fully saturated rings. The first-order chi connectivity index (χ1) is 13.1. The number of benzene rings is 1. The van der Waals surface area contributed by atoms with Crippen LogP contribution in [0.25, 0.3) is 0 Å². The van der Waals surface area contributed by atoms with Crippen molar-refractivity contribution in [2.24, 2.45) is 5.92 Å². The predicted octanol–water partition coefficient (Wildman–Crippen LogP) is 3.24. The Kier molecular flexibility index (Phi) is 5.11. The average Bonchev–Trinajstić information content (AvgIpc) is 3.23. The summed E-state index contributed by atoms with van der Waals surface area (Å²) in [5.41, 5.74) is 0.885. The number of hydrogen-bond acceptors (Lipinski definition) is 3. The number of hydrogen-bond donors (Lipinski definition) is 1. The minimum atomic E-state index is -0.250. The van der Waals surface area contributed by atoms with Gasteiger partial charge in [-0.15, -0.1) is 0 Å². The van der Waals surface area contributed by atoms with Gasteiger partial charge in [-0.3, -0.25) is 9.59 Å². The minimum Gasteiger partial charge on any atom is -0.487 e. The van der Waals surface area contributed by atoms with E-state index < -0.39 is 0 Å². The minimum absolute atomic E-state index is 0.0701. The van der Waals surface area contributed by atoms with Crippen molar-refractivity contribution in [1.29, 1.82) is 0 Å². The van der Waals surface area contributed by atoms with Crippen LogP contribution in [0.5, 0.6) is 5.75 Å². The maximum Gasteiger partial charge on any atom is 0.225 e. The first kappa shape index (κ1) is 18.3. The van der Waals surface area contributed by atoms with E-state index in [4.69, 9.17) is 4.74 Å². The smallest absolute Gasteiger partial charge is 0.225 e. The van der Waals surface area contributed by atoms with Crippen LogP contribution in [0.3, 0.4) is 0 Å². The molecule has 1 aliphatic carbocycles. The van der Waals surface area contributed by atoms with Gasteiger partial charge < -0.3 is 15.0 Å². The Balaban J connectivity index is 1.47. The van der Waals surface area contributed by atoms with Crippen LogP contribution >= 0.6 is 0 Å². The van der Waals surface area contributed by atoms with Crippen molar-refractivity contribution in [2.45, 2.75) is 62.9 Å². The summed E-state index contributed by atoms with van der Waals surface area (Å²) in [7, 11) is 1.69. The fraction of sp³-hybridized carbons (Fsp3) is 0.636. The molecule has 0 aromatic heterocycles. The van der Waals surface area contributed by atoms with Gasteiger partial charge in [-0.2, -0.15) is 0 Å². The van der Waals surface area contributed by atoms with Crippen molar-refractivity contribution in [3.8, 4) is 5.75 Å². The van der Waals surface area contributed by atoms with Crippen LogP contribution in [0.4, 0.5) is 0 Å². The van der Waals surface area contributed by atoms with E-state index in [9.17, 15) is 9.59 Å². The van der Waals surface area contributed by atoms with Crippen LogP contribution in [-0.4, -0.2) is 42.5 Å².